The molecule has 0 heterocycles. The molecule has 1 unspecified atom stereocenters. The van der Waals surface area contributed by atoms with Crippen molar-refractivity contribution in [1.29, 1.82) is 0 Å². The second-order valence-corrected chi connectivity index (χ2v) is 8.70. The Kier molecular flexibility index (Phi) is 5.31. The summed E-state index contributed by atoms with van der Waals surface area (Å²) in [5.74, 6) is 0.598. The molecule has 134 valence electrons. The van der Waals surface area contributed by atoms with Crippen LogP contribution in [0.3, 0.4) is 0 Å². The van der Waals surface area contributed by atoms with E-state index in [4.69, 9.17) is 4.74 Å². The molecule has 1 N–H and O–H groups in total. The molecular weight excluding hydrogens is 298 g/mol. The van der Waals surface area contributed by atoms with Crippen LogP contribution in [0.5, 0.6) is 5.75 Å². The Morgan fingerprint density at radius 3 is 2.25 bits per heavy atom. The third-order valence-electron chi connectivity index (χ3n) is 6.33. The molecular formula is C21H33NO2. The zero-order valence-electron chi connectivity index (χ0n) is 16.2. The van der Waals surface area contributed by atoms with Crippen molar-refractivity contribution in [3.05, 3.63) is 29.8 Å². The van der Waals surface area contributed by atoms with E-state index < -0.39 is 0 Å². The van der Waals surface area contributed by atoms with Crippen LogP contribution in [0.2, 0.25) is 0 Å². The van der Waals surface area contributed by atoms with Crippen LogP contribution in [-0.4, -0.2) is 11.6 Å². The Morgan fingerprint density at radius 1 is 1.12 bits per heavy atom. The third-order valence-corrected chi connectivity index (χ3v) is 6.33. The van der Waals surface area contributed by atoms with Gasteiger partial charge in [0.2, 0.25) is 0 Å². The van der Waals surface area contributed by atoms with Crippen LogP contribution in [0.25, 0.3) is 0 Å². The van der Waals surface area contributed by atoms with Crippen LogP contribution in [0.4, 0.5) is 4.79 Å². The van der Waals surface area contributed by atoms with E-state index in [0.717, 1.165) is 25.7 Å². The number of nitrogens with one attached hydrogen (secondary N) is 1. The first-order valence-electron chi connectivity index (χ1n) is 9.20. The largest absolute Gasteiger partial charge is 0.413 e. The lowest BCUT2D eigenvalue weighted by Crippen LogP contribution is -2.58. The summed E-state index contributed by atoms with van der Waals surface area (Å²) in [4.78, 5) is 12.4. The Bertz CT molecular complexity index is 574. The SMILES string of the molecule is CCC(C)(C)c1ccc(OC(=O)NC2(C)CCCCC2(C)C)cc1. The van der Waals surface area contributed by atoms with E-state index in [1.54, 1.807) is 0 Å². The second kappa shape index (κ2) is 6.78. The predicted octanol–water partition coefficient (Wildman–Crippen LogP) is 5.82. The maximum absolute atomic E-state index is 12.4. The fraction of sp³-hybridized carbons (Fsp3) is 0.667. The maximum atomic E-state index is 12.4. The number of rotatable bonds is 4. The summed E-state index contributed by atoms with van der Waals surface area (Å²) < 4.78 is 5.53. The molecule has 0 saturated heterocycles. The van der Waals surface area contributed by atoms with Crippen molar-refractivity contribution in [2.24, 2.45) is 5.41 Å². The average molecular weight is 332 g/mol. The van der Waals surface area contributed by atoms with Gasteiger partial charge in [0.15, 0.2) is 0 Å². The highest BCUT2D eigenvalue weighted by molar-refractivity contribution is 5.71. The zero-order chi connectivity index (χ0) is 18.0. The Labute approximate surface area is 147 Å². The van der Waals surface area contributed by atoms with Gasteiger partial charge in [0, 0.05) is 5.54 Å². The molecule has 0 aliphatic heterocycles. The van der Waals surface area contributed by atoms with Gasteiger partial charge in [-0.3, -0.25) is 0 Å². The van der Waals surface area contributed by atoms with Crippen molar-refractivity contribution < 1.29 is 9.53 Å². The molecule has 0 bridgehead atoms. The van der Waals surface area contributed by atoms with E-state index >= 15 is 0 Å². The lowest BCUT2D eigenvalue weighted by molar-refractivity contribution is 0.0769. The van der Waals surface area contributed by atoms with Crippen LogP contribution in [-0.2, 0) is 5.41 Å². The number of hydrogen-bond acceptors (Lipinski definition) is 2. The first-order valence-corrected chi connectivity index (χ1v) is 9.20. The van der Waals surface area contributed by atoms with Crippen molar-refractivity contribution in [2.75, 3.05) is 0 Å². The number of carbonyl (C=O) groups excluding carboxylic acids is 1. The molecule has 1 fully saturated rings. The van der Waals surface area contributed by atoms with Crippen molar-refractivity contribution in [1.82, 2.24) is 5.32 Å². The summed E-state index contributed by atoms with van der Waals surface area (Å²) in [5.41, 5.74) is 1.27. The van der Waals surface area contributed by atoms with E-state index in [9.17, 15) is 4.79 Å². The summed E-state index contributed by atoms with van der Waals surface area (Å²) in [6.45, 7) is 13.2. The third kappa shape index (κ3) is 3.93. The van der Waals surface area contributed by atoms with Crippen molar-refractivity contribution in [2.45, 2.75) is 84.6 Å². The van der Waals surface area contributed by atoms with Gasteiger partial charge in [0.25, 0.3) is 0 Å². The molecule has 1 atom stereocenters. The van der Waals surface area contributed by atoms with Gasteiger partial charge in [-0.15, -0.1) is 0 Å². The minimum absolute atomic E-state index is 0.0826. The molecule has 1 aliphatic carbocycles. The monoisotopic (exact) mass is 331 g/mol. The van der Waals surface area contributed by atoms with Gasteiger partial charge in [0.1, 0.15) is 5.75 Å². The minimum Gasteiger partial charge on any atom is -0.410 e. The molecule has 0 radical (unpaired) electrons. The van der Waals surface area contributed by atoms with Gasteiger partial charge in [-0.05, 0) is 54.7 Å². The molecule has 3 nitrogen and oxygen atoms in total. The van der Waals surface area contributed by atoms with Crippen LogP contribution in [0.15, 0.2) is 24.3 Å². The average Bonchev–Trinajstić information content (AvgIpc) is 2.51. The molecule has 1 aromatic carbocycles. The highest BCUT2D eigenvalue weighted by Crippen LogP contribution is 2.43. The molecule has 1 saturated carbocycles. The number of ether oxygens (including phenoxy) is 1. The summed E-state index contributed by atoms with van der Waals surface area (Å²) in [7, 11) is 0. The lowest BCUT2D eigenvalue weighted by atomic mass is 9.64. The highest BCUT2D eigenvalue weighted by atomic mass is 16.6. The van der Waals surface area contributed by atoms with E-state index in [2.05, 4.69) is 59.0 Å². The quantitative estimate of drug-likeness (QED) is 0.754. The molecule has 0 aromatic heterocycles. The van der Waals surface area contributed by atoms with Gasteiger partial charge in [-0.25, -0.2) is 4.79 Å². The van der Waals surface area contributed by atoms with E-state index in [1.807, 2.05) is 12.1 Å². The minimum atomic E-state index is -0.352. The summed E-state index contributed by atoms with van der Waals surface area (Å²) >= 11 is 0. The predicted molar refractivity (Wildman–Crippen MR) is 99.6 cm³/mol. The Morgan fingerprint density at radius 2 is 1.71 bits per heavy atom. The van der Waals surface area contributed by atoms with Gasteiger partial charge in [-0.2, -0.15) is 0 Å². The number of carbonyl (C=O) groups is 1. The van der Waals surface area contributed by atoms with Gasteiger partial charge in [-0.1, -0.05) is 59.6 Å². The van der Waals surface area contributed by atoms with Crippen LogP contribution in [0.1, 0.15) is 79.2 Å². The summed E-state index contributed by atoms with van der Waals surface area (Å²) in [5, 5.41) is 3.13. The maximum Gasteiger partial charge on any atom is 0.413 e. The highest BCUT2D eigenvalue weighted by Gasteiger charge is 2.44. The van der Waals surface area contributed by atoms with Crippen LogP contribution in [0, 0.1) is 5.41 Å². The number of amides is 1. The summed E-state index contributed by atoms with van der Waals surface area (Å²) in [6, 6.07) is 7.89. The molecule has 24 heavy (non-hydrogen) atoms. The van der Waals surface area contributed by atoms with Gasteiger partial charge >= 0.3 is 6.09 Å². The molecule has 0 spiro atoms. The van der Waals surface area contributed by atoms with Crippen LogP contribution < -0.4 is 10.1 Å². The molecule has 1 aliphatic rings. The first kappa shape index (κ1) is 18.8. The Balaban J connectivity index is 2.02. The van der Waals surface area contributed by atoms with E-state index in [0.29, 0.717) is 5.75 Å². The first-order chi connectivity index (χ1) is 11.1. The smallest absolute Gasteiger partial charge is 0.410 e. The fourth-order valence-electron chi connectivity index (χ4n) is 3.43. The molecule has 2 rings (SSSR count). The zero-order valence-corrected chi connectivity index (χ0v) is 16.2. The number of benzene rings is 1. The topological polar surface area (TPSA) is 38.3 Å². The number of hydrogen-bond donors (Lipinski definition) is 1. The van der Waals surface area contributed by atoms with Gasteiger partial charge in [0.05, 0.1) is 0 Å². The molecule has 1 aromatic rings. The molecule has 1 amide bonds. The van der Waals surface area contributed by atoms with Crippen molar-refractivity contribution >= 4 is 6.09 Å². The standard InChI is InChI=1S/C21H33NO2/c1-7-19(2,3)16-10-12-17(13-11-16)24-18(23)22-21(6)15-9-8-14-20(21,4)5/h10-13H,7-9,14-15H2,1-6H3,(H,22,23). The van der Waals surface area contributed by atoms with E-state index in [1.165, 1.54) is 12.0 Å². The Hall–Kier alpha value is -1.51. The lowest BCUT2D eigenvalue weighted by Gasteiger charge is -2.48. The molecule has 3 heteroatoms. The second-order valence-electron chi connectivity index (χ2n) is 8.70. The van der Waals surface area contributed by atoms with Crippen molar-refractivity contribution in [3.63, 3.8) is 0 Å². The van der Waals surface area contributed by atoms with Gasteiger partial charge < -0.3 is 10.1 Å². The van der Waals surface area contributed by atoms with Crippen LogP contribution >= 0.6 is 0 Å². The summed E-state index contributed by atoms with van der Waals surface area (Å²) in [6.07, 6.45) is 5.23. The van der Waals surface area contributed by atoms with E-state index in [-0.39, 0.29) is 22.5 Å². The van der Waals surface area contributed by atoms with Crippen molar-refractivity contribution in [3.8, 4) is 5.75 Å². The normalized spacial score (nSPS) is 23.6. The fourth-order valence-corrected chi connectivity index (χ4v) is 3.43.